The van der Waals surface area contributed by atoms with Gasteiger partial charge < -0.3 is 20.0 Å². The molecule has 0 aliphatic carbocycles. The Balaban J connectivity index is 3.06. The largest absolute Gasteiger partial charge is 0.478 e. The quantitative estimate of drug-likeness (QED) is 0.611. The van der Waals surface area contributed by atoms with E-state index in [0.717, 1.165) is 0 Å². The standard InChI is InChI=1S/C9H10N2O5/c1-9(2,8(12)13)16-6-4-3-5-10-7(6)11(14)15/h3-5H,1-2H3,(H,12,13). The summed E-state index contributed by atoms with van der Waals surface area (Å²) in [5, 5.41) is 19.4. The Morgan fingerprint density at radius 1 is 1.62 bits per heavy atom. The van der Waals surface area contributed by atoms with E-state index in [1.807, 2.05) is 0 Å². The minimum absolute atomic E-state index is 0.167. The monoisotopic (exact) mass is 226 g/mol. The fourth-order valence-corrected chi connectivity index (χ4v) is 0.918. The van der Waals surface area contributed by atoms with Crippen LogP contribution in [0.3, 0.4) is 0 Å². The first-order valence-corrected chi connectivity index (χ1v) is 4.36. The molecule has 0 unspecified atom stereocenters. The second kappa shape index (κ2) is 4.13. The maximum atomic E-state index is 10.8. The van der Waals surface area contributed by atoms with Crippen molar-refractivity contribution < 1.29 is 19.6 Å². The summed E-state index contributed by atoms with van der Waals surface area (Å²) in [7, 11) is 0. The summed E-state index contributed by atoms with van der Waals surface area (Å²) in [5.41, 5.74) is -1.55. The number of aromatic nitrogens is 1. The Hall–Kier alpha value is -2.18. The van der Waals surface area contributed by atoms with Crippen LogP contribution in [-0.2, 0) is 4.79 Å². The molecular formula is C9H10N2O5. The number of aliphatic carboxylic acids is 1. The van der Waals surface area contributed by atoms with Crippen molar-refractivity contribution in [3.05, 3.63) is 28.4 Å². The Kier molecular flexibility index (Phi) is 3.07. The van der Waals surface area contributed by atoms with Gasteiger partial charge in [0.25, 0.3) is 0 Å². The maximum Gasteiger partial charge on any atom is 0.406 e. The highest BCUT2D eigenvalue weighted by molar-refractivity contribution is 5.77. The molecule has 0 aromatic carbocycles. The van der Waals surface area contributed by atoms with Crippen molar-refractivity contribution in [3.63, 3.8) is 0 Å². The third-order valence-corrected chi connectivity index (χ3v) is 1.80. The van der Waals surface area contributed by atoms with E-state index in [2.05, 4.69) is 4.98 Å². The van der Waals surface area contributed by atoms with Crippen LogP contribution in [0.4, 0.5) is 5.82 Å². The Bertz CT molecular complexity index is 430. The number of hydrogen-bond acceptors (Lipinski definition) is 5. The number of pyridine rings is 1. The topological polar surface area (TPSA) is 103 Å². The highest BCUT2D eigenvalue weighted by atomic mass is 16.6. The molecule has 0 spiro atoms. The predicted octanol–water partition coefficient (Wildman–Crippen LogP) is 1.23. The van der Waals surface area contributed by atoms with Crippen LogP contribution in [0, 0.1) is 10.1 Å². The second-order valence-corrected chi connectivity index (χ2v) is 3.50. The first-order chi connectivity index (χ1) is 7.34. The highest BCUT2D eigenvalue weighted by Gasteiger charge is 2.32. The molecule has 0 radical (unpaired) electrons. The molecule has 0 aliphatic rings. The summed E-state index contributed by atoms with van der Waals surface area (Å²) in [4.78, 5) is 24.2. The van der Waals surface area contributed by atoms with Crippen molar-refractivity contribution in [1.29, 1.82) is 0 Å². The maximum absolute atomic E-state index is 10.8. The summed E-state index contributed by atoms with van der Waals surface area (Å²) in [6, 6.07) is 2.73. The number of carboxylic acids is 1. The first kappa shape index (κ1) is 11.9. The third-order valence-electron chi connectivity index (χ3n) is 1.80. The highest BCUT2D eigenvalue weighted by Crippen LogP contribution is 2.27. The molecule has 1 aromatic heterocycles. The van der Waals surface area contributed by atoms with Gasteiger partial charge in [-0.25, -0.2) is 4.79 Å². The van der Waals surface area contributed by atoms with Crippen molar-refractivity contribution in [2.45, 2.75) is 19.4 Å². The van der Waals surface area contributed by atoms with Crippen molar-refractivity contribution in [2.24, 2.45) is 0 Å². The predicted molar refractivity (Wildman–Crippen MR) is 53.2 cm³/mol. The lowest BCUT2D eigenvalue weighted by molar-refractivity contribution is -0.390. The number of nitro groups is 1. The molecule has 1 heterocycles. The lowest BCUT2D eigenvalue weighted by Gasteiger charge is -2.20. The van der Waals surface area contributed by atoms with Crippen LogP contribution >= 0.6 is 0 Å². The minimum Gasteiger partial charge on any atom is -0.478 e. The van der Waals surface area contributed by atoms with Gasteiger partial charge >= 0.3 is 11.8 Å². The van der Waals surface area contributed by atoms with Gasteiger partial charge in [-0.2, -0.15) is 0 Å². The smallest absolute Gasteiger partial charge is 0.406 e. The van der Waals surface area contributed by atoms with Crippen molar-refractivity contribution in [3.8, 4) is 5.75 Å². The molecular weight excluding hydrogens is 216 g/mol. The van der Waals surface area contributed by atoms with Crippen molar-refractivity contribution >= 4 is 11.8 Å². The Morgan fingerprint density at radius 3 is 2.75 bits per heavy atom. The zero-order chi connectivity index (χ0) is 12.3. The van der Waals surface area contributed by atoms with E-state index in [4.69, 9.17) is 9.84 Å². The van der Waals surface area contributed by atoms with Crippen LogP contribution in [0.15, 0.2) is 18.3 Å². The SMILES string of the molecule is CC(C)(Oc1cccnc1[N+](=O)[O-])C(=O)O. The molecule has 1 aromatic rings. The van der Waals surface area contributed by atoms with E-state index in [9.17, 15) is 14.9 Å². The fraction of sp³-hybridized carbons (Fsp3) is 0.333. The molecule has 86 valence electrons. The number of nitrogens with zero attached hydrogens (tertiary/aromatic N) is 2. The van der Waals surface area contributed by atoms with Crippen LogP contribution in [0.2, 0.25) is 0 Å². The lowest BCUT2D eigenvalue weighted by Crippen LogP contribution is -2.38. The molecule has 1 N–H and O–H groups in total. The van der Waals surface area contributed by atoms with E-state index in [1.54, 1.807) is 0 Å². The normalized spacial score (nSPS) is 10.9. The van der Waals surface area contributed by atoms with Gasteiger partial charge in [0, 0.05) is 0 Å². The van der Waals surface area contributed by atoms with Crippen LogP contribution in [-0.4, -0.2) is 26.6 Å². The summed E-state index contributed by atoms with van der Waals surface area (Å²) in [6.45, 7) is 2.60. The molecule has 0 bridgehead atoms. The van der Waals surface area contributed by atoms with Gasteiger partial charge in [0.1, 0.15) is 6.20 Å². The Labute approximate surface area is 90.8 Å². The van der Waals surface area contributed by atoms with Crippen molar-refractivity contribution in [2.75, 3.05) is 0 Å². The molecule has 0 fully saturated rings. The average Bonchev–Trinajstić information content (AvgIpc) is 2.17. The summed E-state index contributed by atoms with van der Waals surface area (Å²) in [6.07, 6.45) is 1.23. The van der Waals surface area contributed by atoms with E-state index in [1.165, 1.54) is 32.2 Å². The van der Waals surface area contributed by atoms with Gasteiger partial charge in [-0.15, -0.1) is 0 Å². The molecule has 7 nitrogen and oxygen atoms in total. The second-order valence-electron chi connectivity index (χ2n) is 3.50. The van der Waals surface area contributed by atoms with E-state index in [0.29, 0.717) is 0 Å². The summed E-state index contributed by atoms with van der Waals surface area (Å²) >= 11 is 0. The van der Waals surface area contributed by atoms with Crippen LogP contribution < -0.4 is 4.74 Å². The molecule has 16 heavy (non-hydrogen) atoms. The summed E-state index contributed by atoms with van der Waals surface area (Å²) in [5.74, 6) is -1.89. The molecule has 0 saturated heterocycles. The summed E-state index contributed by atoms with van der Waals surface area (Å²) < 4.78 is 5.05. The first-order valence-electron chi connectivity index (χ1n) is 4.36. The number of carboxylic acid groups (broad SMARTS) is 1. The van der Waals surface area contributed by atoms with Crippen LogP contribution in [0.1, 0.15) is 13.8 Å². The van der Waals surface area contributed by atoms with Gasteiger partial charge in [0.15, 0.2) is 5.60 Å². The molecule has 7 heteroatoms. The molecule has 0 atom stereocenters. The zero-order valence-corrected chi connectivity index (χ0v) is 8.71. The Morgan fingerprint density at radius 2 is 2.25 bits per heavy atom. The minimum atomic E-state index is -1.55. The van der Waals surface area contributed by atoms with E-state index < -0.39 is 22.3 Å². The van der Waals surface area contributed by atoms with Gasteiger partial charge in [-0.3, -0.25) is 0 Å². The average molecular weight is 226 g/mol. The third kappa shape index (κ3) is 2.44. The van der Waals surface area contributed by atoms with E-state index in [-0.39, 0.29) is 5.75 Å². The number of rotatable bonds is 4. The van der Waals surface area contributed by atoms with Gasteiger partial charge in [-0.05, 0) is 35.9 Å². The van der Waals surface area contributed by atoms with E-state index >= 15 is 0 Å². The number of hydrogen-bond donors (Lipinski definition) is 1. The molecule has 1 rings (SSSR count). The lowest BCUT2D eigenvalue weighted by atomic mass is 10.1. The van der Waals surface area contributed by atoms with Gasteiger partial charge in [-0.1, -0.05) is 0 Å². The van der Waals surface area contributed by atoms with Gasteiger partial charge in [0.05, 0.1) is 0 Å². The molecule has 0 saturated carbocycles. The number of carbonyl (C=O) groups is 1. The van der Waals surface area contributed by atoms with Crippen molar-refractivity contribution in [1.82, 2.24) is 4.98 Å². The zero-order valence-electron chi connectivity index (χ0n) is 8.71. The molecule has 0 amide bonds. The molecule has 0 aliphatic heterocycles. The number of ether oxygens (including phenoxy) is 1. The fourth-order valence-electron chi connectivity index (χ4n) is 0.918. The van der Waals surface area contributed by atoms with Crippen LogP contribution in [0.25, 0.3) is 0 Å². The van der Waals surface area contributed by atoms with Gasteiger partial charge in [0.2, 0.25) is 5.75 Å². The van der Waals surface area contributed by atoms with Crippen LogP contribution in [0.5, 0.6) is 5.75 Å².